The Kier molecular flexibility index (Phi) is 5.71. The molecule has 4 rings (SSSR count). The van der Waals surface area contributed by atoms with Gasteiger partial charge in [-0.25, -0.2) is 0 Å². The summed E-state index contributed by atoms with van der Waals surface area (Å²) in [6, 6.07) is 15.9. The second kappa shape index (κ2) is 8.57. The van der Waals surface area contributed by atoms with Crippen LogP contribution in [0.15, 0.2) is 53.7 Å². The highest BCUT2D eigenvalue weighted by molar-refractivity contribution is 7.99. The van der Waals surface area contributed by atoms with Gasteiger partial charge in [0, 0.05) is 11.6 Å². The highest BCUT2D eigenvalue weighted by Gasteiger charge is 2.18. The molecule has 0 fully saturated rings. The van der Waals surface area contributed by atoms with Crippen LogP contribution in [0, 0.1) is 0 Å². The van der Waals surface area contributed by atoms with Crippen LogP contribution >= 0.6 is 11.8 Å². The number of hydrogen-bond acceptors (Lipinski definition) is 6. The van der Waals surface area contributed by atoms with Crippen molar-refractivity contribution < 1.29 is 14.3 Å². The normalized spacial score (nSPS) is 12.4. The summed E-state index contributed by atoms with van der Waals surface area (Å²) >= 11 is 1.38. The van der Waals surface area contributed by atoms with E-state index in [4.69, 9.17) is 9.47 Å². The number of thioether (sulfide) groups is 1. The number of fused-ring (bicyclic) bond motifs is 1. The Bertz CT molecular complexity index is 1000. The zero-order valence-electron chi connectivity index (χ0n) is 16.3. The van der Waals surface area contributed by atoms with E-state index < -0.39 is 0 Å². The van der Waals surface area contributed by atoms with E-state index >= 15 is 0 Å². The molecule has 1 amide bonds. The fraction of sp³-hybridized carbons (Fsp3) is 0.286. The van der Waals surface area contributed by atoms with Crippen LogP contribution in [0.4, 0.5) is 0 Å². The van der Waals surface area contributed by atoms with Crippen LogP contribution in [0.2, 0.25) is 0 Å². The number of nitrogens with zero attached hydrogens (tertiary/aromatic N) is 3. The predicted octanol–water partition coefficient (Wildman–Crippen LogP) is 3.34. The molecule has 7 nitrogen and oxygen atoms in total. The largest absolute Gasteiger partial charge is 0.454 e. The van der Waals surface area contributed by atoms with E-state index in [0.717, 1.165) is 28.5 Å². The maximum absolute atomic E-state index is 12.1. The summed E-state index contributed by atoms with van der Waals surface area (Å²) in [6.45, 7) is 4.69. The molecule has 29 heavy (non-hydrogen) atoms. The van der Waals surface area contributed by atoms with E-state index in [-0.39, 0.29) is 24.5 Å². The van der Waals surface area contributed by atoms with Crippen molar-refractivity contribution in [1.82, 2.24) is 20.1 Å². The molecule has 3 aromatic rings. The SMILES string of the molecule is CC(C)NC(=O)CSc1nnc(-c2ccccc2)n1Cc1ccc2c(c1)OCO2. The molecule has 8 heteroatoms. The summed E-state index contributed by atoms with van der Waals surface area (Å²) in [4.78, 5) is 12.1. The number of benzene rings is 2. The van der Waals surface area contributed by atoms with E-state index in [1.807, 2.05) is 66.9 Å². The summed E-state index contributed by atoms with van der Waals surface area (Å²) < 4.78 is 12.9. The van der Waals surface area contributed by atoms with E-state index in [0.29, 0.717) is 11.7 Å². The molecule has 2 aromatic carbocycles. The third-order valence-electron chi connectivity index (χ3n) is 4.31. The van der Waals surface area contributed by atoms with E-state index in [1.54, 1.807) is 0 Å². The van der Waals surface area contributed by atoms with Crippen molar-refractivity contribution >= 4 is 17.7 Å². The Hall–Kier alpha value is -3.00. The van der Waals surface area contributed by atoms with Gasteiger partial charge in [0.15, 0.2) is 22.5 Å². The number of amides is 1. The summed E-state index contributed by atoms with van der Waals surface area (Å²) in [6.07, 6.45) is 0. The van der Waals surface area contributed by atoms with Gasteiger partial charge in [0.25, 0.3) is 0 Å². The van der Waals surface area contributed by atoms with Gasteiger partial charge in [-0.05, 0) is 31.5 Å². The first-order chi connectivity index (χ1) is 14.1. The van der Waals surface area contributed by atoms with Crippen LogP contribution in [-0.2, 0) is 11.3 Å². The minimum Gasteiger partial charge on any atom is -0.454 e. The molecule has 0 saturated heterocycles. The molecule has 0 saturated carbocycles. The Balaban J connectivity index is 1.62. The molecule has 1 aliphatic rings. The van der Waals surface area contributed by atoms with Gasteiger partial charge in [-0.15, -0.1) is 10.2 Å². The van der Waals surface area contributed by atoms with Crippen LogP contribution in [0.25, 0.3) is 11.4 Å². The van der Waals surface area contributed by atoms with Crippen LogP contribution < -0.4 is 14.8 Å². The molecular weight excluding hydrogens is 388 g/mol. The van der Waals surface area contributed by atoms with Crippen molar-refractivity contribution in [3.63, 3.8) is 0 Å². The lowest BCUT2D eigenvalue weighted by atomic mass is 10.2. The molecule has 1 aromatic heterocycles. The number of hydrogen-bond donors (Lipinski definition) is 1. The lowest BCUT2D eigenvalue weighted by molar-refractivity contribution is -0.119. The molecular formula is C21H22N4O3S. The molecule has 0 radical (unpaired) electrons. The number of aromatic nitrogens is 3. The predicted molar refractivity (Wildman–Crippen MR) is 111 cm³/mol. The first-order valence-corrected chi connectivity index (χ1v) is 10.4. The van der Waals surface area contributed by atoms with Gasteiger partial charge in [-0.3, -0.25) is 9.36 Å². The molecule has 0 spiro atoms. The smallest absolute Gasteiger partial charge is 0.231 e. The highest BCUT2D eigenvalue weighted by atomic mass is 32.2. The third kappa shape index (κ3) is 4.54. The van der Waals surface area contributed by atoms with Gasteiger partial charge in [-0.2, -0.15) is 0 Å². The van der Waals surface area contributed by atoms with Crippen molar-refractivity contribution in [2.24, 2.45) is 0 Å². The lowest BCUT2D eigenvalue weighted by Gasteiger charge is -2.12. The second-order valence-corrected chi connectivity index (χ2v) is 7.90. The van der Waals surface area contributed by atoms with Crippen molar-refractivity contribution in [2.75, 3.05) is 12.5 Å². The zero-order chi connectivity index (χ0) is 20.2. The van der Waals surface area contributed by atoms with Gasteiger partial charge >= 0.3 is 0 Å². The first kappa shape index (κ1) is 19.3. The van der Waals surface area contributed by atoms with Crippen molar-refractivity contribution in [3.05, 3.63) is 54.1 Å². The summed E-state index contributed by atoms with van der Waals surface area (Å²) in [5.74, 6) is 2.51. The Morgan fingerprint density at radius 2 is 1.93 bits per heavy atom. The molecule has 150 valence electrons. The lowest BCUT2D eigenvalue weighted by Crippen LogP contribution is -2.31. The Labute approximate surface area is 173 Å². The van der Waals surface area contributed by atoms with E-state index in [9.17, 15) is 4.79 Å². The van der Waals surface area contributed by atoms with Crippen LogP contribution in [0.5, 0.6) is 11.5 Å². The van der Waals surface area contributed by atoms with E-state index in [1.165, 1.54) is 11.8 Å². The van der Waals surface area contributed by atoms with Crippen molar-refractivity contribution in [2.45, 2.75) is 31.6 Å². The highest BCUT2D eigenvalue weighted by Crippen LogP contribution is 2.33. The minimum absolute atomic E-state index is 0.0242. The molecule has 0 bridgehead atoms. The van der Waals surface area contributed by atoms with E-state index in [2.05, 4.69) is 15.5 Å². The average molecular weight is 410 g/mol. The molecule has 0 atom stereocenters. The molecule has 0 aliphatic carbocycles. The number of carbonyl (C=O) groups excluding carboxylic acids is 1. The summed E-state index contributed by atoms with van der Waals surface area (Å²) in [5, 5.41) is 12.3. The van der Waals surface area contributed by atoms with Gasteiger partial charge in [0.2, 0.25) is 12.7 Å². The molecule has 1 aliphatic heterocycles. The van der Waals surface area contributed by atoms with Gasteiger partial charge in [-0.1, -0.05) is 48.2 Å². The molecule has 1 N–H and O–H groups in total. The van der Waals surface area contributed by atoms with Gasteiger partial charge in [0.05, 0.1) is 12.3 Å². The maximum atomic E-state index is 12.1. The quantitative estimate of drug-likeness (QED) is 0.602. The average Bonchev–Trinajstić information content (AvgIpc) is 3.33. The van der Waals surface area contributed by atoms with Crippen LogP contribution in [0.1, 0.15) is 19.4 Å². The van der Waals surface area contributed by atoms with Gasteiger partial charge < -0.3 is 14.8 Å². The zero-order valence-corrected chi connectivity index (χ0v) is 17.1. The second-order valence-electron chi connectivity index (χ2n) is 6.96. The topological polar surface area (TPSA) is 78.3 Å². The summed E-state index contributed by atoms with van der Waals surface area (Å²) in [7, 11) is 0. The monoisotopic (exact) mass is 410 g/mol. The minimum atomic E-state index is -0.0242. The van der Waals surface area contributed by atoms with Gasteiger partial charge in [0.1, 0.15) is 0 Å². The van der Waals surface area contributed by atoms with Crippen molar-refractivity contribution in [1.29, 1.82) is 0 Å². The number of ether oxygens (including phenoxy) is 2. The third-order valence-corrected chi connectivity index (χ3v) is 5.28. The molecule has 0 unspecified atom stereocenters. The van der Waals surface area contributed by atoms with Crippen LogP contribution in [0.3, 0.4) is 0 Å². The number of rotatable bonds is 7. The standard InChI is InChI=1S/C21H22N4O3S/c1-14(2)22-19(26)12-29-21-24-23-20(16-6-4-3-5-7-16)25(21)11-15-8-9-17-18(10-15)28-13-27-17/h3-10,14H,11-13H2,1-2H3,(H,22,26). The number of carbonyl (C=O) groups is 1. The van der Waals surface area contributed by atoms with Crippen molar-refractivity contribution in [3.8, 4) is 22.9 Å². The fourth-order valence-corrected chi connectivity index (χ4v) is 3.80. The summed E-state index contributed by atoms with van der Waals surface area (Å²) in [5.41, 5.74) is 2.01. The Morgan fingerprint density at radius 1 is 1.14 bits per heavy atom. The molecule has 2 heterocycles. The first-order valence-electron chi connectivity index (χ1n) is 9.39. The maximum Gasteiger partial charge on any atom is 0.231 e. The number of nitrogens with one attached hydrogen (secondary N) is 1. The fourth-order valence-electron chi connectivity index (χ4n) is 3.05. The van der Waals surface area contributed by atoms with Crippen LogP contribution in [-0.4, -0.2) is 39.3 Å². The Morgan fingerprint density at radius 3 is 2.72 bits per heavy atom.